The normalized spacial score (nSPS) is 12.6. The summed E-state index contributed by atoms with van der Waals surface area (Å²) in [4.78, 5) is 0. The fourth-order valence-corrected chi connectivity index (χ4v) is 3.04. The van der Waals surface area contributed by atoms with Crippen molar-refractivity contribution in [3.05, 3.63) is 23.8 Å². The third-order valence-electron chi connectivity index (χ3n) is 2.99. The van der Waals surface area contributed by atoms with Gasteiger partial charge in [-0.15, -0.1) is 0 Å². The van der Waals surface area contributed by atoms with E-state index < -0.39 is 0 Å². The van der Waals surface area contributed by atoms with E-state index in [0.717, 1.165) is 22.5 Å². The van der Waals surface area contributed by atoms with E-state index in [-0.39, 0.29) is 0 Å². The summed E-state index contributed by atoms with van der Waals surface area (Å²) in [5.41, 5.74) is 1.21. The van der Waals surface area contributed by atoms with Crippen LogP contribution in [0, 0.1) is 5.92 Å². The van der Waals surface area contributed by atoms with Crippen molar-refractivity contribution >= 4 is 22.6 Å². The zero-order chi connectivity index (χ0) is 13.5. The number of rotatable bonds is 7. The van der Waals surface area contributed by atoms with E-state index in [1.165, 1.54) is 5.56 Å². The van der Waals surface area contributed by atoms with Crippen LogP contribution in [0.15, 0.2) is 18.2 Å². The van der Waals surface area contributed by atoms with Gasteiger partial charge < -0.3 is 14.8 Å². The van der Waals surface area contributed by atoms with Crippen LogP contribution in [0.25, 0.3) is 0 Å². The van der Waals surface area contributed by atoms with Crippen molar-refractivity contribution in [3.8, 4) is 11.5 Å². The highest BCUT2D eigenvalue weighted by atomic mass is 127. The molecule has 0 saturated carbocycles. The number of halogens is 1. The summed E-state index contributed by atoms with van der Waals surface area (Å²) in [5, 5.41) is 3.57. The van der Waals surface area contributed by atoms with Gasteiger partial charge in [-0.3, -0.25) is 0 Å². The molecular formula is C14H22INO2. The first-order valence-corrected chi connectivity index (χ1v) is 7.65. The van der Waals surface area contributed by atoms with Crippen LogP contribution in [0.2, 0.25) is 0 Å². The molecule has 0 aromatic heterocycles. The molecule has 18 heavy (non-hydrogen) atoms. The van der Waals surface area contributed by atoms with Gasteiger partial charge in [-0.2, -0.15) is 0 Å². The minimum absolute atomic E-state index is 0.540. The molecule has 0 bridgehead atoms. The van der Waals surface area contributed by atoms with Crippen LogP contribution in [0.5, 0.6) is 11.5 Å². The second-order valence-electron chi connectivity index (χ2n) is 4.58. The molecule has 1 N–H and O–H groups in total. The zero-order valence-electron chi connectivity index (χ0n) is 11.5. The average molecular weight is 363 g/mol. The fourth-order valence-electron chi connectivity index (χ4n) is 1.71. The maximum atomic E-state index is 5.30. The number of benzene rings is 1. The summed E-state index contributed by atoms with van der Waals surface area (Å²) in [6.07, 6.45) is 0. The van der Waals surface area contributed by atoms with Crippen LogP contribution in [0.3, 0.4) is 0 Å². The summed E-state index contributed by atoms with van der Waals surface area (Å²) >= 11 is 2.43. The van der Waals surface area contributed by atoms with Crippen molar-refractivity contribution in [2.24, 2.45) is 5.92 Å². The third kappa shape index (κ3) is 4.31. The zero-order valence-corrected chi connectivity index (χ0v) is 13.7. The van der Waals surface area contributed by atoms with Gasteiger partial charge in [0.05, 0.1) is 14.2 Å². The van der Waals surface area contributed by atoms with Gasteiger partial charge in [0.2, 0.25) is 0 Å². The topological polar surface area (TPSA) is 30.5 Å². The molecule has 1 atom stereocenters. The van der Waals surface area contributed by atoms with Gasteiger partial charge >= 0.3 is 0 Å². The van der Waals surface area contributed by atoms with E-state index in [2.05, 4.69) is 47.8 Å². The lowest BCUT2D eigenvalue weighted by Crippen LogP contribution is -2.34. The van der Waals surface area contributed by atoms with Gasteiger partial charge in [0, 0.05) is 17.0 Å². The van der Waals surface area contributed by atoms with Crippen LogP contribution >= 0.6 is 22.6 Å². The highest BCUT2D eigenvalue weighted by Gasteiger charge is 2.11. The number of ether oxygens (including phenoxy) is 2. The van der Waals surface area contributed by atoms with Crippen LogP contribution in [-0.2, 0) is 6.54 Å². The molecule has 1 unspecified atom stereocenters. The molecule has 0 saturated heterocycles. The number of hydrogen-bond donors (Lipinski definition) is 1. The molecule has 0 radical (unpaired) electrons. The van der Waals surface area contributed by atoms with Crippen molar-refractivity contribution in [3.63, 3.8) is 0 Å². The standard InChI is InChI=1S/C14H22INO2/c1-10(2)12(8-15)16-9-11-5-6-13(17-3)14(7-11)18-4/h5-7,10,12,16H,8-9H2,1-4H3. The highest BCUT2D eigenvalue weighted by molar-refractivity contribution is 14.1. The third-order valence-corrected chi connectivity index (χ3v) is 3.94. The Kier molecular flexibility index (Phi) is 6.78. The average Bonchev–Trinajstić information content (AvgIpc) is 2.38. The lowest BCUT2D eigenvalue weighted by molar-refractivity contribution is 0.354. The molecule has 0 aliphatic rings. The first-order chi connectivity index (χ1) is 8.62. The van der Waals surface area contributed by atoms with Crippen molar-refractivity contribution in [2.75, 3.05) is 18.6 Å². The Morgan fingerprint density at radius 3 is 2.33 bits per heavy atom. The Morgan fingerprint density at radius 1 is 1.17 bits per heavy atom. The van der Waals surface area contributed by atoms with E-state index in [0.29, 0.717) is 12.0 Å². The molecule has 0 amide bonds. The molecule has 3 nitrogen and oxygen atoms in total. The SMILES string of the molecule is COc1ccc(CNC(CI)C(C)C)cc1OC. The van der Waals surface area contributed by atoms with Gasteiger partial charge in [-0.05, 0) is 23.6 Å². The summed E-state index contributed by atoms with van der Waals surface area (Å²) in [6.45, 7) is 5.34. The Hall–Kier alpha value is -0.490. The van der Waals surface area contributed by atoms with Crippen molar-refractivity contribution in [1.82, 2.24) is 5.32 Å². The minimum atomic E-state index is 0.540. The number of alkyl halides is 1. The molecular weight excluding hydrogens is 341 g/mol. The molecule has 0 heterocycles. The van der Waals surface area contributed by atoms with E-state index in [4.69, 9.17) is 9.47 Å². The molecule has 1 aromatic rings. The molecule has 0 fully saturated rings. The molecule has 102 valence electrons. The Bertz CT molecular complexity index is 369. The molecule has 0 aliphatic carbocycles. The first-order valence-electron chi connectivity index (χ1n) is 6.12. The number of nitrogens with one attached hydrogen (secondary N) is 1. The molecule has 4 heteroatoms. The number of methoxy groups -OCH3 is 2. The Balaban J connectivity index is 2.67. The van der Waals surface area contributed by atoms with Gasteiger partial charge in [0.15, 0.2) is 11.5 Å². The lowest BCUT2D eigenvalue weighted by atomic mass is 10.1. The summed E-state index contributed by atoms with van der Waals surface area (Å²) in [7, 11) is 3.32. The van der Waals surface area contributed by atoms with E-state index in [1.807, 2.05) is 12.1 Å². The smallest absolute Gasteiger partial charge is 0.161 e. The minimum Gasteiger partial charge on any atom is -0.493 e. The summed E-state index contributed by atoms with van der Waals surface area (Å²) in [5.74, 6) is 2.20. The van der Waals surface area contributed by atoms with E-state index >= 15 is 0 Å². The molecule has 1 rings (SSSR count). The fraction of sp³-hybridized carbons (Fsp3) is 0.571. The second kappa shape index (κ2) is 7.84. The van der Waals surface area contributed by atoms with Crippen LogP contribution in [0.1, 0.15) is 19.4 Å². The Labute approximate surface area is 123 Å². The molecule has 1 aromatic carbocycles. The number of hydrogen-bond acceptors (Lipinski definition) is 3. The lowest BCUT2D eigenvalue weighted by Gasteiger charge is -2.20. The molecule has 0 aliphatic heterocycles. The highest BCUT2D eigenvalue weighted by Crippen LogP contribution is 2.27. The quantitative estimate of drug-likeness (QED) is 0.596. The monoisotopic (exact) mass is 363 g/mol. The van der Waals surface area contributed by atoms with Gasteiger partial charge in [-0.25, -0.2) is 0 Å². The van der Waals surface area contributed by atoms with Crippen molar-refractivity contribution < 1.29 is 9.47 Å². The maximum absolute atomic E-state index is 5.30. The largest absolute Gasteiger partial charge is 0.493 e. The van der Waals surface area contributed by atoms with Crippen molar-refractivity contribution in [1.29, 1.82) is 0 Å². The second-order valence-corrected chi connectivity index (χ2v) is 5.46. The van der Waals surface area contributed by atoms with E-state index in [1.54, 1.807) is 14.2 Å². The van der Waals surface area contributed by atoms with Gasteiger partial charge in [-0.1, -0.05) is 42.5 Å². The first kappa shape index (κ1) is 15.6. The Morgan fingerprint density at radius 2 is 1.83 bits per heavy atom. The van der Waals surface area contributed by atoms with Crippen LogP contribution < -0.4 is 14.8 Å². The summed E-state index contributed by atoms with van der Waals surface area (Å²) < 4.78 is 11.6. The van der Waals surface area contributed by atoms with E-state index in [9.17, 15) is 0 Å². The predicted octanol–water partition coefficient (Wildman–Crippen LogP) is 3.25. The summed E-state index contributed by atoms with van der Waals surface area (Å²) in [6, 6.07) is 6.58. The van der Waals surface area contributed by atoms with Gasteiger partial charge in [0.25, 0.3) is 0 Å². The van der Waals surface area contributed by atoms with Crippen LogP contribution in [0.4, 0.5) is 0 Å². The molecule has 0 spiro atoms. The van der Waals surface area contributed by atoms with Gasteiger partial charge in [0.1, 0.15) is 0 Å². The van der Waals surface area contributed by atoms with Crippen LogP contribution in [-0.4, -0.2) is 24.7 Å². The van der Waals surface area contributed by atoms with Crippen molar-refractivity contribution in [2.45, 2.75) is 26.4 Å². The predicted molar refractivity (Wildman–Crippen MR) is 83.9 cm³/mol. The maximum Gasteiger partial charge on any atom is 0.161 e.